The number of benzene rings is 1. The van der Waals surface area contributed by atoms with Gasteiger partial charge in [0.15, 0.2) is 0 Å². The molecule has 1 heterocycles. The summed E-state index contributed by atoms with van der Waals surface area (Å²) >= 11 is 3.05. The van der Waals surface area contributed by atoms with Crippen LogP contribution >= 0.6 is 23.1 Å². The van der Waals surface area contributed by atoms with Crippen molar-refractivity contribution in [2.24, 2.45) is 0 Å². The maximum atomic E-state index is 11.0. The lowest BCUT2D eigenvalue weighted by Gasteiger charge is -1.98. The molecule has 22 heavy (non-hydrogen) atoms. The van der Waals surface area contributed by atoms with E-state index < -0.39 is 4.92 Å². The van der Waals surface area contributed by atoms with Gasteiger partial charge in [-0.3, -0.25) is 14.9 Å². The second kappa shape index (κ2) is 7.90. The molecule has 0 bridgehead atoms. The standard InChI is InChI=1S/C14H14N2O4S2/c1-20-14(17)9-21-7-6-13-15-12(8-22-13)10-2-4-11(5-3-10)16(18)19/h2-5,8H,6-7,9H2,1H3. The number of hydrogen-bond donors (Lipinski definition) is 0. The Hall–Kier alpha value is -1.93. The van der Waals surface area contributed by atoms with Gasteiger partial charge in [0.2, 0.25) is 0 Å². The third-order valence-electron chi connectivity index (χ3n) is 2.83. The van der Waals surface area contributed by atoms with Gasteiger partial charge in [0.05, 0.1) is 28.5 Å². The molecule has 0 aliphatic heterocycles. The van der Waals surface area contributed by atoms with Crippen molar-refractivity contribution < 1.29 is 14.5 Å². The molecule has 6 nitrogen and oxygen atoms in total. The predicted molar refractivity (Wildman–Crippen MR) is 87.2 cm³/mol. The van der Waals surface area contributed by atoms with Crippen LogP contribution in [0.4, 0.5) is 5.69 Å². The highest BCUT2D eigenvalue weighted by atomic mass is 32.2. The fraction of sp³-hybridized carbons (Fsp3) is 0.286. The Bertz CT molecular complexity index is 655. The number of rotatable bonds is 7. The quantitative estimate of drug-likeness (QED) is 0.334. The van der Waals surface area contributed by atoms with Crippen molar-refractivity contribution in [1.29, 1.82) is 0 Å². The minimum absolute atomic E-state index is 0.0680. The van der Waals surface area contributed by atoms with Crippen LogP contribution in [0.2, 0.25) is 0 Å². The van der Waals surface area contributed by atoms with Crippen molar-refractivity contribution in [2.45, 2.75) is 6.42 Å². The Balaban J connectivity index is 1.90. The molecule has 0 N–H and O–H groups in total. The van der Waals surface area contributed by atoms with E-state index in [4.69, 9.17) is 0 Å². The summed E-state index contributed by atoms with van der Waals surface area (Å²) in [4.78, 5) is 25.7. The number of thiazole rings is 1. The topological polar surface area (TPSA) is 82.3 Å². The Morgan fingerprint density at radius 3 is 2.77 bits per heavy atom. The van der Waals surface area contributed by atoms with Crippen LogP contribution in [0.3, 0.4) is 0 Å². The van der Waals surface area contributed by atoms with Gasteiger partial charge in [0.1, 0.15) is 0 Å². The molecule has 2 aromatic rings. The highest BCUT2D eigenvalue weighted by Crippen LogP contribution is 2.24. The summed E-state index contributed by atoms with van der Waals surface area (Å²) in [6.07, 6.45) is 0.777. The highest BCUT2D eigenvalue weighted by Gasteiger charge is 2.08. The summed E-state index contributed by atoms with van der Waals surface area (Å²) in [7, 11) is 1.38. The van der Waals surface area contributed by atoms with Gasteiger partial charge in [-0.15, -0.1) is 23.1 Å². The third kappa shape index (κ3) is 4.54. The largest absolute Gasteiger partial charge is 0.468 e. The van der Waals surface area contributed by atoms with Gasteiger partial charge >= 0.3 is 5.97 Å². The van der Waals surface area contributed by atoms with Crippen molar-refractivity contribution in [2.75, 3.05) is 18.6 Å². The lowest BCUT2D eigenvalue weighted by molar-refractivity contribution is -0.384. The Kier molecular flexibility index (Phi) is 5.91. The van der Waals surface area contributed by atoms with E-state index in [1.807, 2.05) is 5.38 Å². The van der Waals surface area contributed by atoms with Gasteiger partial charge in [-0.25, -0.2) is 4.98 Å². The molecule has 1 aromatic carbocycles. The Morgan fingerprint density at radius 2 is 2.14 bits per heavy atom. The van der Waals surface area contributed by atoms with E-state index in [-0.39, 0.29) is 11.7 Å². The van der Waals surface area contributed by atoms with E-state index in [9.17, 15) is 14.9 Å². The van der Waals surface area contributed by atoms with Crippen LogP contribution in [0.15, 0.2) is 29.6 Å². The molecule has 0 fully saturated rings. The van der Waals surface area contributed by atoms with E-state index in [0.29, 0.717) is 5.75 Å². The highest BCUT2D eigenvalue weighted by molar-refractivity contribution is 7.99. The fourth-order valence-corrected chi connectivity index (χ4v) is 3.39. The van der Waals surface area contributed by atoms with Crippen LogP contribution in [0, 0.1) is 10.1 Å². The monoisotopic (exact) mass is 338 g/mol. The summed E-state index contributed by atoms with van der Waals surface area (Å²) < 4.78 is 4.57. The predicted octanol–water partition coefficient (Wildman–Crippen LogP) is 3.17. The number of thioether (sulfide) groups is 1. The number of ether oxygens (including phenoxy) is 1. The maximum absolute atomic E-state index is 11.0. The molecule has 2 rings (SSSR count). The summed E-state index contributed by atoms with van der Waals surface area (Å²) in [5.41, 5.74) is 1.74. The zero-order valence-corrected chi connectivity index (χ0v) is 13.5. The van der Waals surface area contributed by atoms with Crippen LogP contribution in [0.25, 0.3) is 11.3 Å². The first-order valence-electron chi connectivity index (χ1n) is 6.44. The van der Waals surface area contributed by atoms with Gasteiger partial charge in [0.25, 0.3) is 5.69 Å². The summed E-state index contributed by atoms with van der Waals surface area (Å²) in [5.74, 6) is 0.912. The molecule has 0 saturated heterocycles. The molecule has 0 amide bonds. The molecule has 8 heteroatoms. The van der Waals surface area contributed by atoms with Crippen LogP contribution in [0.5, 0.6) is 0 Å². The van der Waals surface area contributed by atoms with Crippen molar-refractivity contribution in [3.63, 3.8) is 0 Å². The number of aromatic nitrogens is 1. The summed E-state index contributed by atoms with van der Waals surface area (Å²) in [6, 6.07) is 6.34. The molecule has 0 unspecified atom stereocenters. The number of aryl methyl sites for hydroxylation is 1. The molecule has 0 spiro atoms. The minimum atomic E-state index is -0.422. The smallest absolute Gasteiger partial charge is 0.315 e. The molecule has 0 aliphatic carbocycles. The number of carbonyl (C=O) groups excluding carboxylic acids is 1. The number of methoxy groups -OCH3 is 1. The van der Waals surface area contributed by atoms with E-state index in [1.165, 1.54) is 31.0 Å². The second-order valence-corrected chi connectivity index (χ2v) is 6.36. The lowest BCUT2D eigenvalue weighted by Crippen LogP contribution is -2.04. The molecular formula is C14H14N2O4S2. The number of carbonyl (C=O) groups is 1. The average molecular weight is 338 g/mol. The number of esters is 1. The zero-order chi connectivity index (χ0) is 15.9. The fourth-order valence-electron chi connectivity index (χ4n) is 1.69. The van der Waals surface area contributed by atoms with Crippen LogP contribution < -0.4 is 0 Å². The first-order chi connectivity index (χ1) is 10.6. The van der Waals surface area contributed by atoms with Crippen molar-refractivity contribution in [3.05, 3.63) is 44.8 Å². The van der Waals surface area contributed by atoms with Gasteiger partial charge in [-0.1, -0.05) is 0 Å². The van der Waals surface area contributed by atoms with Crippen LogP contribution in [-0.4, -0.2) is 34.5 Å². The average Bonchev–Trinajstić information content (AvgIpc) is 3.00. The van der Waals surface area contributed by atoms with Gasteiger partial charge in [-0.2, -0.15) is 0 Å². The second-order valence-electron chi connectivity index (χ2n) is 4.31. The Morgan fingerprint density at radius 1 is 1.41 bits per heavy atom. The number of nitro benzene ring substituents is 1. The zero-order valence-electron chi connectivity index (χ0n) is 11.9. The summed E-state index contributed by atoms with van der Waals surface area (Å²) in [5, 5.41) is 13.5. The molecule has 0 aliphatic rings. The SMILES string of the molecule is COC(=O)CSCCc1nc(-c2ccc([N+](=O)[O-])cc2)cs1. The molecule has 0 atom stereocenters. The maximum Gasteiger partial charge on any atom is 0.315 e. The van der Waals surface area contributed by atoms with Gasteiger partial charge in [0, 0.05) is 35.2 Å². The van der Waals surface area contributed by atoms with Gasteiger partial charge < -0.3 is 4.74 Å². The molecule has 0 saturated carbocycles. The molecule has 1 aromatic heterocycles. The van der Waals surface area contributed by atoms with E-state index in [0.717, 1.165) is 28.4 Å². The number of nitro groups is 1. The van der Waals surface area contributed by atoms with Crippen molar-refractivity contribution in [3.8, 4) is 11.3 Å². The van der Waals surface area contributed by atoms with Gasteiger partial charge in [-0.05, 0) is 12.1 Å². The molecule has 116 valence electrons. The van der Waals surface area contributed by atoms with Crippen LogP contribution in [0.1, 0.15) is 5.01 Å². The van der Waals surface area contributed by atoms with Crippen LogP contribution in [-0.2, 0) is 16.0 Å². The van der Waals surface area contributed by atoms with Crippen molar-refractivity contribution >= 4 is 34.8 Å². The minimum Gasteiger partial charge on any atom is -0.468 e. The van der Waals surface area contributed by atoms with E-state index in [2.05, 4.69) is 9.72 Å². The first-order valence-corrected chi connectivity index (χ1v) is 8.47. The van der Waals surface area contributed by atoms with E-state index >= 15 is 0 Å². The number of non-ortho nitro benzene ring substituents is 1. The first kappa shape index (κ1) is 16.4. The molecule has 0 radical (unpaired) electrons. The van der Waals surface area contributed by atoms with Crippen molar-refractivity contribution in [1.82, 2.24) is 4.98 Å². The lowest BCUT2D eigenvalue weighted by atomic mass is 10.1. The number of nitrogens with zero attached hydrogens (tertiary/aromatic N) is 2. The third-order valence-corrected chi connectivity index (χ3v) is 4.67. The summed E-state index contributed by atoms with van der Waals surface area (Å²) in [6.45, 7) is 0. The Labute approximate surface area is 135 Å². The number of hydrogen-bond acceptors (Lipinski definition) is 7. The van der Waals surface area contributed by atoms with E-state index in [1.54, 1.807) is 23.5 Å². The molecular weight excluding hydrogens is 324 g/mol. The normalized spacial score (nSPS) is 10.4.